The molecule has 0 radical (unpaired) electrons. The van der Waals surface area contributed by atoms with Gasteiger partial charge in [0, 0.05) is 38.4 Å². The van der Waals surface area contributed by atoms with Gasteiger partial charge in [0.1, 0.15) is 17.6 Å². The molecule has 0 aliphatic carbocycles. The molecule has 0 atom stereocenters. The van der Waals surface area contributed by atoms with E-state index in [2.05, 4.69) is 16.3 Å². The van der Waals surface area contributed by atoms with Gasteiger partial charge in [-0.1, -0.05) is 12.1 Å². The smallest absolute Gasteiger partial charge is 0.321 e. The van der Waals surface area contributed by atoms with Crippen LogP contribution in [-0.4, -0.2) is 49.1 Å². The van der Waals surface area contributed by atoms with Crippen LogP contribution in [0.25, 0.3) is 0 Å². The molecule has 146 valence electrons. The van der Waals surface area contributed by atoms with E-state index in [1.165, 1.54) is 13.2 Å². The molecule has 28 heavy (non-hydrogen) atoms. The van der Waals surface area contributed by atoms with Crippen LogP contribution >= 0.6 is 0 Å². The number of hydrogen-bond acceptors (Lipinski definition) is 4. The van der Waals surface area contributed by atoms with Crippen molar-refractivity contribution >= 4 is 11.7 Å². The number of rotatable bonds is 4. The Bertz CT molecular complexity index is 881. The number of anilines is 1. The lowest BCUT2D eigenvalue weighted by molar-refractivity contribution is 0.211. The first-order chi connectivity index (χ1) is 13.6. The Kier molecular flexibility index (Phi) is 6.45. The molecule has 0 aromatic heterocycles. The molecule has 3 rings (SSSR count). The summed E-state index contributed by atoms with van der Waals surface area (Å²) in [6, 6.07) is 13.5. The lowest BCUT2D eigenvalue weighted by Crippen LogP contribution is -2.38. The Hall–Kier alpha value is -3.11. The molecule has 2 aromatic carbocycles. The van der Waals surface area contributed by atoms with Crippen LogP contribution in [0, 0.1) is 17.1 Å². The number of methoxy groups -OCH3 is 1. The fraction of sp³-hybridized carbons (Fsp3) is 0.333. The normalized spacial score (nSPS) is 14.8. The van der Waals surface area contributed by atoms with Crippen LogP contribution in [0.4, 0.5) is 14.9 Å². The minimum absolute atomic E-state index is 0.193. The van der Waals surface area contributed by atoms with Crippen LogP contribution in [-0.2, 0) is 6.54 Å². The topological polar surface area (TPSA) is 68.6 Å². The number of benzene rings is 2. The second-order valence-electron chi connectivity index (χ2n) is 6.70. The third kappa shape index (κ3) is 4.99. The Morgan fingerprint density at radius 1 is 1.21 bits per heavy atom. The van der Waals surface area contributed by atoms with E-state index in [-0.39, 0.29) is 11.8 Å². The second-order valence-corrected chi connectivity index (χ2v) is 6.70. The lowest BCUT2D eigenvalue weighted by atomic mass is 10.2. The minimum Gasteiger partial charge on any atom is -0.495 e. The molecule has 1 aliphatic heterocycles. The fourth-order valence-electron chi connectivity index (χ4n) is 3.30. The number of carbonyl (C=O) groups excluding carboxylic acids is 1. The quantitative estimate of drug-likeness (QED) is 0.879. The largest absolute Gasteiger partial charge is 0.495 e. The SMILES string of the molecule is COc1ccc(NC(=O)N2CCCN(Cc3cccc(F)c3)CC2)cc1C#N. The predicted octanol–water partition coefficient (Wildman–Crippen LogP) is 3.45. The Morgan fingerprint density at radius 3 is 2.82 bits per heavy atom. The van der Waals surface area contributed by atoms with Gasteiger partial charge in [0.2, 0.25) is 0 Å². The monoisotopic (exact) mass is 382 g/mol. The van der Waals surface area contributed by atoms with Crippen molar-refractivity contribution in [2.75, 3.05) is 38.6 Å². The molecule has 0 saturated carbocycles. The first-order valence-corrected chi connectivity index (χ1v) is 9.20. The number of nitriles is 1. The first kappa shape index (κ1) is 19.6. The van der Waals surface area contributed by atoms with Crippen LogP contribution in [0.15, 0.2) is 42.5 Å². The van der Waals surface area contributed by atoms with Crippen molar-refractivity contribution in [1.82, 2.24) is 9.80 Å². The van der Waals surface area contributed by atoms with Gasteiger partial charge in [-0.05, 0) is 42.3 Å². The van der Waals surface area contributed by atoms with E-state index >= 15 is 0 Å². The molecule has 1 aliphatic rings. The predicted molar refractivity (Wildman–Crippen MR) is 105 cm³/mol. The zero-order valence-electron chi connectivity index (χ0n) is 15.8. The van der Waals surface area contributed by atoms with Crippen LogP contribution in [0.3, 0.4) is 0 Å². The van der Waals surface area contributed by atoms with E-state index in [4.69, 9.17) is 4.74 Å². The highest BCUT2D eigenvalue weighted by atomic mass is 19.1. The highest BCUT2D eigenvalue weighted by Gasteiger charge is 2.19. The zero-order chi connectivity index (χ0) is 19.9. The van der Waals surface area contributed by atoms with E-state index < -0.39 is 0 Å². The summed E-state index contributed by atoms with van der Waals surface area (Å²) in [4.78, 5) is 16.6. The third-order valence-corrected chi connectivity index (χ3v) is 4.74. The summed E-state index contributed by atoms with van der Waals surface area (Å²) in [5.74, 6) is 0.243. The standard InChI is InChI=1S/C21H23FN4O2/c1-28-20-7-6-19(13-17(20)14-23)24-21(27)26-9-3-8-25(10-11-26)15-16-4-2-5-18(22)12-16/h2,4-7,12-13H,3,8-11,15H2,1H3,(H,24,27). The maximum atomic E-state index is 13.4. The van der Waals surface area contributed by atoms with Gasteiger partial charge in [-0.25, -0.2) is 9.18 Å². The van der Waals surface area contributed by atoms with E-state index in [1.807, 2.05) is 6.07 Å². The summed E-state index contributed by atoms with van der Waals surface area (Å²) < 4.78 is 18.5. The molecule has 1 fully saturated rings. The van der Waals surface area contributed by atoms with Crippen molar-refractivity contribution in [3.8, 4) is 11.8 Å². The number of urea groups is 1. The number of amides is 2. The average Bonchev–Trinajstić information content (AvgIpc) is 2.93. The maximum absolute atomic E-state index is 13.4. The van der Waals surface area contributed by atoms with Crippen LogP contribution in [0.1, 0.15) is 17.5 Å². The number of ether oxygens (including phenoxy) is 1. The van der Waals surface area contributed by atoms with Crippen molar-refractivity contribution in [2.45, 2.75) is 13.0 Å². The fourth-order valence-corrected chi connectivity index (χ4v) is 3.30. The van der Waals surface area contributed by atoms with Crippen LogP contribution in [0.5, 0.6) is 5.75 Å². The van der Waals surface area contributed by atoms with Gasteiger partial charge in [0.15, 0.2) is 0 Å². The average molecular weight is 382 g/mol. The van der Waals surface area contributed by atoms with Crippen molar-refractivity contribution in [2.24, 2.45) is 0 Å². The highest BCUT2D eigenvalue weighted by molar-refractivity contribution is 5.89. The minimum atomic E-state index is -0.232. The van der Waals surface area contributed by atoms with E-state index in [0.717, 1.165) is 25.1 Å². The highest BCUT2D eigenvalue weighted by Crippen LogP contribution is 2.22. The van der Waals surface area contributed by atoms with Crippen molar-refractivity contribution in [1.29, 1.82) is 5.26 Å². The van der Waals surface area contributed by atoms with Gasteiger partial charge in [-0.3, -0.25) is 4.90 Å². The molecule has 6 nitrogen and oxygen atoms in total. The van der Waals surface area contributed by atoms with Crippen LogP contribution in [0.2, 0.25) is 0 Å². The van der Waals surface area contributed by atoms with Gasteiger partial charge in [-0.15, -0.1) is 0 Å². The van der Waals surface area contributed by atoms with Gasteiger partial charge < -0.3 is 15.0 Å². The number of nitrogens with zero attached hydrogens (tertiary/aromatic N) is 3. The molecular formula is C21H23FN4O2. The summed E-state index contributed by atoms with van der Waals surface area (Å²) in [6.07, 6.45) is 0.842. The first-order valence-electron chi connectivity index (χ1n) is 9.20. The zero-order valence-corrected chi connectivity index (χ0v) is 15.8. The Morgan fingerprint density at radius 2 is 2.07 bits per heavy atom. The summed E-state index contributed by atoms with van der Waals surface area (Å²) in [5.41, 5.74) is 1.86. The Balaban J connectivity index is 1.58. The molecule has 0 bridgehead atoms. The van der Waals surface area contributed by atoms with Crippen LogP contribution < -0.4 is 10.1 Å². The van der Waals surface area contributed by atoms with E-state index in [1.54, 1.807) is 35.2 Å². The van der Waals surface area contributed by atoms with Crippen molar-refractivity contribution in [3.63, 3.8) is 0 Å². The summed E-state index contributed by atoms with van der Waals surface area (Å²) in [6.45, 7) is 3.46. The van der Waals surface area contributed by atoms with E-state index in [0.29, 0.717) is 36.6 Å². The summed E-state index contributed by atoms with van der Waals surface area (Å²) in [7, 11) is 1.50. The molecule has 7 heteroatoms. The number of halogens is 1. The number of hydrogen-bond donors (Lipinski definition) is 1. The van der Waals surface area contributed by atoms with Gasteiger partial charge in [-0.2, -0.15) is 5.26 Å². The Labute approximate surface area is 164 Å². The van der Waals surface area contributed by atoms with Gasteiger partial charge in [0.05, 0.1) is 12.7 Å². The second kappa shape index (κ2) is 9.20. The molecule has 0 unspecified atom stereocenters. The van der Waals surface area contributed by atoms with Gasteiger partial charge in [0.25, 0.3) is 0 Å². The van der Waals surface area contributed by atoms with Crippen molar-refractivity contribution < 1.29 is 13.9 Å². The van der Waals surface area contributed by atoms with E-state index in [9.17, 15) is 14.4 Å². The molecule has 2 aromatic rings. The molecule has 2 amide bonds. The third-order valence-electron chi connectivity index (χ3n) is 4.74. The maximum Gasteiger partial charge on any atom is 0.321 e. The lowest BCUT2D eigenvalue weighted by Gasteiger charge is -2.22. The summed E-state index contributed by atoms with van der Waals surface area (Å²) >= 11 is 0. The summed E-state index contributed by atoms with van der Waals surface area (Å²) in [5, 5.41) is 12.0. The molecule has 0 spiro atoms. The molecular weight excluding hydrogens is 359 g/mol. The number of carbonyl (C=O) groups is 1. The van der Waals surface area contributed by atoms with Gasteiger partial charge >= 0.3 is 6.03 Å². The number of nitrogens with one attached hydrogen (secondary N) is 1. The van der Waals surface area contributed by atoms with Crippen molar-refractivity contribution in [3.05, 3.63) is 59.4 Å². The molecule has 1 saturated heterocycles. The molecule has 1 heterocycles. The molecule has 1 N–H and O–H groups in total.